The molecule has 160 valence electrons. The zero-order chi connectivity index (χ0) is 22.2. The van der Waals surface area contributed by atoms with Crippen molar-refractivity contribution in [2.45, 2.75) is 25.2 Å². The Labute approximate surface area is 183 Å². The molecule has 2 aromatic carbocycles. The van der Waals surface area contributed by atoms with Crippen molar-refractivity contribution >= 4 is 29.0 Å². The van der Waals surface area contributed by atoms with Crippen LogP contribution >= 0.6 is 11.8 Å². The number of aromatic nitrogens is 3. The van der Waals surface area contributed by atoms with Crippen molar-refractivity contribution < 1.29 is 14.5 Å². The molecule has 31 heavy (non-hydrogen) atoms. The number of benzene rings is 2. The number of nitro benzene ring substituents is 1. The molecule has 0 saturated heterocycles. The zero-order valence-corrected chi connectivity index (χ0v) is 17.7. The van der Waals surface area contributed by atoms with Crippen LogP contribution in [-0.4, -0.2) is 31.3 Å². The minimum Gasteiger partial charge on any atom is -0.486 e. The first-order valence-corrected chi connectivity index (χ1v) is 10.3. The van der Waals surface area contributed by atoms with E-state index < -0.39 is 4.92 Å². The Balaban J connectivity index is 1.63. The fourth-order valence-corrected chi connectivity index (χ4v) is 3.45. The van der Waals surface area contributed by atoms with E-state index in [0.717, 1.165) is 11.3 Å². The van der Waals surface area contributed by atoms with Gasteiger partial charge in [0.05, 0.1) is 10.7 Å². The molecule has 0 aliphatic rings. The smallest absolute Gasteiger partial charge is 0.292 e. The van der Waals surface area contributed by atoms with Gasteiger partial charge in [-0.25, -0.2) is 0 Å². The highest BCUT2D eigenvalue weighted by Gasteiger charge is 2.17. The van der Waals surface area contributed by atoms with Crippen LogP contribution in [-0.2, 0) is 17.9 Å². The third kappa shape index (κ3) is 5.92. The maximum absolute atomic E-state index is 12.3. The summed E-state index contributed by atoms with van der Waals surface area (Å²) < 4.78 is 7.59. The van der Waals surface area contributed by atoms with Crippen molar-refractivity contribution in [3.05, 3.63) is 82.7 Å². The predicted octanol–water partition coefficient (Wildman–Crippen LogP) is 3.99. The number of aryl methyl sites for hydroxylation is 1. The molecule has 0 bridgehead atoms. The first-order chi connectivity index (χ1) is 15.0. The van der Waals surface area contributed by atoms with Crippen LogP contribution in [0.2, 0.25) is 0 Å². The number of allylic oxidation sites excluding steroid dienone is 1. The van der Waals surface area contributed by atoms with E-state index in [1.807, 2.05) is 35.8 Å². The Morgan fingerprint density at radius 3 is 2.71 bits per heavy atom. The van der Waals surface area contributed by atoms with E-state index >= 15 is 0 Å². The van der Waals surface area contributed by atoms with Crippen molar-refractivity contribution in [1.29, 1.82) is 0 Å². The molecule has 3 rings (SSSR count). The van der Waals surface area contributed by atoms with Crippen molar-refractivity contribution in [3.8, 4) is 5.75 Å². The van der Waals surface area contributed by atoms with Crippen LogP contribution in [0.3, 0.4) is 0 Å². The van der Waals surface area contributed by atoms with Gasteiger partial charge >= 0.3 is 0 Å². The van der Waals surface area contributed by atoms with Crippen LogP contribution < -0.4 is 10.1 Å². The third-order valence-electron chi connectivity index (χ3n) is 4.20. The monoisotopic (exact) mass is 439 g/mol. The number of carbonyl (C=O) groups excluding carboxylic acids is 1. The van der Waals surface area contributed by atoms with Gasteiger partial charge in [0.25, 0.3) is 5.69 Å². The summed E-state index contributed by atoms with van der Waals surface area (Å²) in [6, 6.07) is 13.7. The highest BCUT2D eigenvalue weighted by Crippen LogP contribution is 2.24. The fraction of sp³-hybridized carbons (Fsp3) is 0.190. The first-order valence-electron chi connectivity index (χ1n) is 9.36. The van der Waals surface area contributed by atoms with Crippen molar-refractivity contribution in [2.24, 2.45) is 0 Å². The molecule has 3 aromatic rings. The van der Waals surface area contributed by atoms with Gasteiger partial charge < -0.3 is 10.1 Å². The summed E-state index contributed by atoms with van der Waals surface area (Å²) in [5.41, 5.74) is 1.13. The average Bonchev–Trinajstić information content (AvgIpc) is 3.14. The van der Waals surface area contributed by atoms with E-state index in [-0.39, 0.29) is 29.6 Å². The van der Waals surface area contributed by atoms with Gasteiger partial charge in [-0.2, -0.15) is 0 Å². The lowest BCUT2D eigenvalue weighted by molar-refractivity contribution is -0.383. The largest absolute Gasteiger partial charge is 0.486 e. The maximum Gasteiger partial charge on any atom is 0.292 e. The highest BCUT2D eigenvalue weighted by atomic mass is 32.2. The van der Waals surface area contributed by atoms with Gasteiger partial charge in [0.1, 0.15) is 18.0 Å². The number of nitrogens with one attached hydrogen (secondary N) is 1. The topological polar surface area (TPSA) is 112 Å². The molecule has 1 heterocycles. The molecule has 9 nitrogen and oxygen atoms in total. The molecule has 0 spiro atoms. The minimum absolute atomic E-state index is 0.0140. The number of anilines is 1. The normalized spacial score (nSPS) is 10.5. The molecule has 1 amide bonds. The second-order valence-corrected chi connectivity index (χ2v) is 7.45. The lowest BCUT2D eigenvalue weighted by atomic mass is 10.2. The van der Waals surface area contributed by atoms with Crippen LogP contribution in [0.4, 0.5) is 11.4 Å². The highest BCUT2D eigenvalue weighted by molar-refractivity contribution is 7.99. The molecular formula is C21H21N5O4S. The SMILES string of the molecule is C=CCn1c(COc2ccc(C)cc2)nnc1SCC(=O)Nc1ccccc1[N+](=O)[O-]. The van der Waals surface area contributed by atoms with Gasteiger partial charge in [-0.1, -0.05) is 47.7 Å². The number of hydrogen-bond donors (Lipinski definition) is 1. The molecule has 0 atom stereocenters. The molecule has 0 unspecified atom stereocenters. The Kier molecular flexibility index (Phi) is 7.39. The number of para-hydroxylation sites is 2. The second-order valence-electron chi connectivity index (χ2n) is 6.51. The summed E-state index contributed by atoms with van der Waals surface area (Å²) in [6.45, 7) is 6.42. The lowest BCUT2D eigenvalue weighted by Gasteiger charge is -2.09. The molecule has 0 saturated carbocycles. The third-order valence-corrected chi connectivity index (χ3v) is 5.17. The van der Waals surface area contributed by atoms with Gasteiger partial charge in [-0.05, 0) is 25.1 Å². The standard InChI is InChI=1S/C21H21N5O4S/c1-3-12-25-19(13-30-16-10-8-15(2)9-11-16)23-24-21(25)31-14-20(27)22-17-6-4-5-7-18(17)26(28)29/h3-11H,1,12-14H2,2H3,(H,22,27). The number of ether oxygens (including phenoxy) is 1. The van der Waals surface area contributed by atoms with Gasteiger partial charge in [0, 0.05) is 12.6 Å². The molecule has 0 fully saturated rings. The minimum atomic E-state index is -0.538. The molecule has 0 aliphatic heterocycles. The molecule has 1 aromatic heterocycles. The van der Waals surface area contributed by atoms with Gasteiger partial charge in [-0.3, -0.25) is 19.5 Å². The Bertz CT molecular complexity index is 1080. The van der Waals surface area contributed by atoms with Gasteiger partial charge in [0.15, 0.2) is 11.0 Å². The summed E-state index contributed by atoms with van der Waals surface area (Å²) in [4.78, 5) is 22.9. The van der Waals surface area contributed by atoms with Crippen molar-refractivity contribution in [3.63, 3.8) is 0 Å². The lowest BCUT2D eigenvalue weighted by Crippen LogP contribution is -2.16. The molecule has 0 radical (unpaired) electrons. The van der Waals surface area contributed by atoms with Crippen LogP contribution in [0.1, 0.15) is 11.4 Å². The van der Waals surface area contributed by atoms with E-state index in [0.29, 0.717) is 17.5 Å². The Morgan fingerprint density at radius 1 is 1.26 bits per heavy atom. The number of nitro groups is 1. The average molecular weight is 439 g/mol. The predicted molar refractivity (Wildman–Crippen MR) is 118 cm³/mol. The summed E-state index contributed by atoms with van der Waals surface area (Å²) in [6.07, 6.45) is 1.70. The number of carbonyl (C=O) groups is 1. The first kappa shape index (κ1) is 22.0. The van der Waals surface area contributed by atoms with E-state index in [9.17, 15) is 14.9 Å². The van der Waals surface area contributed by atoms with E-state index in [1.54, 1.807) is 18.2 Å². The van der Waals surface area contributed by atoms with Crippen molar-refractivity contribution in [2.75, 3.05) is 11.1 Å². The number of thioether (sulfide) groups is 1. The summed E-state index contributed by atoms with van der Waals surface area (Å²) >= 11 is 1.18. The van der Waals surface area contributed by atoms with Crippen LogP contribution in [0, 0.1) is 17.0 Å². The molecular weight excluding hydrogens is 418 g/mol. The number of amides is 1. The molecule has 0 aliphatic carbocycles. The van der Waals surface area contributed by atoms with Crippen LogP contribution in [0.15, 0.2) is 66.3 Å². The summed E-state index contributed by atoms with van der Waals surface area (Å²) in [7, 11) is 0. The molecule has 10 heteroatoms. The maximum atomic E-state index is 12.3. The number of hydrogen-bond acceptors (Lipinski definition) is 7. The van der Waals surface area contributed by atoms with E-state index in [2.05, 4.69) is 22.1 Å². The molecule has 1 N–H and O–H groups in total. The Morgan fingerprint density at radius 2 is 2.00 bits per heavy atom. The Hall–Kier alpha value is -3.66. The number of nitrogens with zero attached hydrogens (tertiary/aromatic N) is 4. The van der Waals surface area contributed by atoms with Crippen LogP contribution in [0.5, 0.6) is 5.75 Å². The van der Waals surface area contributed by atoms with Gasteiger partial charge in [-0.15, -0.1) is 16.8 Å². The van der Waals surface area contributed by atoms with E-state index in [4.69, 9.17) is 4.74 Å². The van der Waals surface area contributed by atoms with E-state index in [1.165, 1.54) is 23.9 Å². The summed E-state index contributed by atoms with van der Waals surface area (Å²) in [5, 5.41) is 22.5. The summed E-state index contributed by atoms with van der Waals surface area (Å²) in [5.74, 6) is 0.948. The van der Waals surface area contributed by atoms with Gasteiger partial charge in [0.2, 0.25) is 5.91 Å². The zero-order valence-electron chi connectivity index (χ0n) is 16.9. The number of rotatable bonds is 10. The second kappa shape index (κ2) is 10.4. The fourth-order valence-electron chi connectivity index (χ4n) is 2.68. The van der Waals surface area contributed by atoms with Crippen LogP contribution in [0.25, 0.3) is 0 Å². The quantitative estimate of drug-likeness (QED) is 0.220. The van der Waals surface area contributed by atoms with Crippen molar-refractivity contribution in [1.82, 2.24) is 14.8 Å².